The Hall–Kier alpha value is -0.680. The Morgan fingerprint density at radius 1 is 1.59 bits per heavy atom. The summed E-state index contributed by atoms with van der Waals surface area (Å²) in [7, 11) is 0. The molecule has 1 aromatic heterocycles. The summed E-state index contributed by atoms with van der Waals surface area (Å²) in [5, 5.41) is 9.85. The lowest BCUT2D eigenvalue weighted by Gasteiger charge is -2.36. The second kappa shape index (κ2) is 5.78. The monoisotopic (exact) mass is 256 g/mol. The molecule has 17 heavy (non-hydrogen) atoms. The predicted molar refractivity (Wildman–Crippen MR) is 65.9 cm³/mol. The van der Waals surface area contributed by atoms with Crippen molar-refractivity contribution < 1.29 is 9.84 Å². The van der Waals surface area contributed by atoms with Gasteiger partial charge in [0.25, 0.3) is 0 Å². The van der Waals surface area contributed by atoms with Crippen LogP contribution < -0.4 is 0 Å². The molecule has 2 atom stereocenters. The van der Waals surface area contributed by atoms with Crippen LogP contribution >= 0.6 is 11.6 Å². The smallest absolute Gasteiger partial charge is 0.0936 e. The number of pyridine rings is 1. The molecule has 94 valence electrons. The fourth-order valence-corrected chi connectivity index (χ4v) is 2.32. The maximum absolute atomic E-state index is 9.16. The van der Waals surface area contributed by atoms with Crippen molar-refractivity contribution in [2.24, 2.45) is 0 Å². The fourth-order valence-electron chi connectivity index (χ4n) is 2.14. The standard InChI is InChI=1S/C12H17ClN2O2/c1-9-5-15(7-11(8-16)17-9)6-10-2-3-14-4-12(10)13/h2-4,9,11,16H,5-8H2,1H3. The molecule has 2 heterocycles. The number of ether oxygens (including phenoxy) is 1. The molecule has 1 saturated heterocycles. The highest BCUT2D eigenvalue weighted by Gasteiger charge is 2.24. The Balaban J connectivity index is 2.01. The van der Waals surface area contributed by atoms with Gasteiger partial charge in [-0.25, -0.2) is 0 Å². The number of morpholine rings is 1. The third kappa shape index (κ3) is 3.39. The molecule has 2 rings (SSSR count). The van der Waals surface area contributed by atoms with E-state index in [0.29, 0.717) is 5.02 Å². The van der Waals surface area contributed by atoms with Crippen molar-refractivity contribution in [3.8, 4) is 0 Å². The lowest BCUT2D eigenvalue weighted by Crippen LogP contribution is -2.47. The van der Waals surface area contributed by atoms with Crippen LogP contribution in [0.4, 0.5) is 0 Å². The lowest BCUT2D eigenvalue weighted by molar-refractivity contribution is -0.0972. The summed E-state index contributed by atoms with van der Waals surface area (Å²) in [6.07, 6.45) is 3.44. The molecule has 0 aromatic carbocycles. The van der Waals surface area contributed by atoms with E-state index in [1.165, 1.54) is 0 Å². The number of halogens is 1. The van der Waals surface area contributed by atoms with E-state index in [9.17, 15) is 0 Å². The molecular formula is C12H17ClN2O2. The van der Waals surface area contributed by atoms with E-state index in [4.69, 9.17) is 21.4 Å². The summed E-state index contributed by atoms with van der Waals surface area (Å²) in [4.78, 5) is 6.22. The Bertz CT molecular complexity index is 375. The second-order valence-corrected chi connectivity index (χ2v) is 4.82. The summed E-state index contributed by atoms with van der Waals surface area (Å²) < 4.78 is 5.60. The zero-order chi connectivity index (χ0) is 12.3. The molecule has 5 heteroatoms. The van der Waals surface area contributed by atoms with E-state index >= 15 is 0 Å². The Kier molecular flexibility index (Phi) is 4.34. The van der Waals surface area contributed by atoms with Crippen molar-refractivity contribution in [2.45, 2.75) is 25.7 Å². The Labute approximate surface area is 106 Å². The van der Waals surface area contributed by atoms with Crippen molar-refractivity contribution >= 4 is 11.6 Å². The molecule has 4 nitrogen and oxygen atoms in total. The quantitative estimate of drug-likeness (QED) is 0.886. The van der Waals surface area contributed by atoms with Crippen LogP contribution in [0.15, 0.2) is 18.5 Å². The second-order valence-electron chi connectivity index (χ2n) is 4.41. The zero-order valence-electron chi connectivity index (χ0n) is 9.84. The normalized spacial score (nSPS) is 26.1. The molecular weight excluding hydrogens is 240 g/mol. The largest absolute Gasteiger partial charge is 0.394 e. The summed E-state index contributed by atoms with van der Waals surface area (Å²) in [6.45, 7) is 4.44. The molecule has 2 unspecified atom stereocenters. The molecule has 1 fully saturated rings. The van der Waals surface area contributed by atoms with Crippen LogP contribution in [0.25, 0.3) is 0 Å². The molecule has 1 aromatic rings. The van der Waals surface area contributed by atoms with Crippen LogP contribution in [0.5, 0.6) is 0 Å². The maximum atomic E-state index is 9.16. The highest BCUT2D eigenvalue weighted by molar-refractivity contribution is 6.31. The van der Waals surface area contributed by atoms with Crippen molar-refractivity contribution in [2.75, 3.05) is 19.7 Å². The molecule has 0 saturated carbocycles. The first-order chi connectivity index (χ1) is 8.19. The average molecular weight is 257 g/mol. The van der Waals surface area contributed by atoms with Gasteiger partial charge in [-0.3, -0.25) is 9.88 Å². The summed E-state index contributed by atoms with van der Waals surface area (Å²) in [5.74, 6) is 0. The number of nitrogens with zero attached hydrogens (tertiary/aromatic N) is 2. The molecule has 0 amide bonds. The van der Waals surface area contributed by atoms with Gasteiger partial charge in [-0.05, 0) is 18.6 Å². The van der Waals surface area contributed by atoms with Gasteiger partial charge in [0.15, 0.2) is 0 Å². The lowest BCUT2D eigenvalue weighted by atomic mass is 10.2. The Morgan fingerprint density at radius 2 is 2.41 bits per heavy atom. The molecule has 0 aliphatic carbocycles. The minimum absolute atomic E-state index is 0.0604. The number of aliphatic hydroxyl groups is 1. The van der Waals surface area contributed by atoms with E-state index in [-0.39, 0.29) is 18.8 Å². The number of rotatable bonds is 3. The van der Waals surface area contributed by atoms with Crippen LogP contribution in [0.1, 0.15) is 12.5 Å². The van der Waals surface area contributed by atoms with Crippen molar-refractivity contribution in [3.05, 3.63) is 29.0 Å². The van der Waals surface area contributed by atoms with E-state index in [2.05, 4.69) is 9.88 Å². The van der Waals surface area contributed by atoms with Crippen LogP contribution in [0, 0.1) is 0 Å². The third-order valence-corrected chi connectivity index (χ3v) is 3.20. The topological polar surface area (TPSA) is 45.6 Å². The number of aliphatic hydroxyl groups excluding tert-OH is 1. The minimum Gasteiger partial charge on any atom is -0.394 e. The minimum atomic E-state index is -0.0978. The van der Waals surface area contributed by atoms with Crippen molar-refractivity contribution in [3.63, 3.8) is 0 Å². The van der Waals surface area contributed by atoms with E-state index in [1.54, 1.807) is 12.4 Å². The Morgan fingerprint density at radius 3 is 3.12 bits per heavy atom. The molecule has 0 spiro atoms. The SMILES string of the molecule is CC1CN(Cc2ccncc2Cl)CC(CO)O1. The van der Waals surface area contributed by atoms with Gasteiger partial charge in [0, 0.05) is 32.0 Å². The molecule has 0 radical (unpaired) electrons. The van der Waals surface area contributed by atoms with Crippen LogP contribution in [0.2, 0.25) is 5.02 Å². The number of hydrogen-bond acceptors (Lipinski definition) is 4. The summed E-state index contributed by atoms with van der Waals surface area (Å²) in [5.41, 5.74) is 1.06. The maximum Gasteiger partial charge on any atom is 0.0936 e. The van der Waals surface area contributed by atoms with Crippen molar-refractivity contribution in [1.29, 1.82) is 0 Å². The van der Waals surface area contributed by atoms with E-state index < -0.39 is 0 Å². The predicted octanol–water partition coefficient (Wildman–Crippen LogP) is 1.32. The highest BCUT2D eigenvalue weighted by Crippen LogP contribution is 2.19. The van der Waals surface area contributed by atoms with Crippen LogP contribution in [0.3, 0.4) is 0 Å². The third-order valence-electron chi connectivity index (χ3n) is 2.86. The van der Waals surface area contributed by atoms with Gasteiger partial charge in [0.05, 0.1) is 23.8 Å². The molecule has 1 aliphatic rings. The van der Waals surface area contributed by atoms with Gasteiger partial charge in [-0.2, -0.15) is 0 Å². The van der Waals surface area contributed by atoms with Gasteiger partial charge in [0.2, 0.25) is 0 Å². The fraction of sp³-hybridized carbons (Fsp3) is 0.583. The first-order valence-electron chi connectivity index (χ1n) is 5.76. The first kappa shape index (κ1) is 12.8. The number of aromatic nitrogens is 1. The number of hydrogen-bond donors (Lipinski definition) is 1. The molecule has 1 aliphatic heterocycles. The first-order valence-corrected chi connectivity index (χ1v) is 6.14. The van der Waals surface area contributed by atoms with E-state index in [0.717, 1.165) is 25.2 Å². The highest BCUT2D eigenvalue weighted by atomic mass is 35.5. The molecule has 1 N–H and O–H groups in total. The van der Waals surface area contributed by atoms with Gasteiger partial charge in [0.1, 0.15) is 0 Å². The van der Waals surface area contributed by atoms with E-state index in [1.807, 2.05) is 13.0 Å². The van der Waals surface area contributed by atoms with Gasteiger partial charge in [-0.1, -0.05) is 11.6 Å². The van der Waals surface area contributed by atoms with Gasteiger partial charge >= 0.3 is 0 Å². The summed E-state index contributed by atoms with van der Waals surface area (Å²) in [6, 6.07) is 1.93. The van der Waals surface area contributed by atoms with Gasteiger partial charge < -0.3 is 9.84 Å². The van der Waals surface area contributed by atoms with Crippen LogP contribution in [-0.2, 0) is 11.3 Å². The van der Waals surface area contributed by atoms with Gasteiger partial charge in [-0.15, -0.1) is 0 Å². The molecule has 0 bridgehead atoms. The van der Waals surface area contributed by atoms with Crippen molar-refractivity contribution in [1.82, 2.24) is 9.88 Å². The van der Waals surface area contributed by atoms with Crippen LogP contribution in [-0.4, -0.2) is 46.9 Å². The average Bonchev–Trinajstić information content (AvgIpc) is 2.31. The summed E-state index contributed by atoms with van der Waals surface area (Å²) >= 11 is 6.08. The zero-order valence-corrected chi connectivity index (χ0v) is 10.6.